The number of aliphatic hydroxyl groups excluding tert-OH is 1. The van der Waals surface area contributed by atoms with Crippen molar-refractivity contribution in [3.63, 3.8) is 0 Å². The standard InChI is InChI=1S/C14H21BrO3/c1-10(2)8-11(16)4-6-14(18-3)7-5-13(17)12(15)9-14/h5,7,9-11,16H,4,6,8H2,1-3H3. The predicted molar refractivity (Wildman–Crippen MR) is 75.6 cm³/mol. The van der Waals surface area contributed by atoms with E-state index in [4.69, 9.17) is 4.74 Å². The maximum atomic E-state index is 11.4. The minimum absolute atomic E-state index is 0.0506. The third-order valence-electron chi connectivity index (χ3n) is 3.12. The smallest absolute Gasteiger partial charge is 0.192 e. The van der Waals surface area contributed by atoms with Crippen LogP contribution in [0.1, 0.15) is 33.1 Å². The Kier molecular flexibility index (Phi) is 5.76. The van der Waals surface area contributed by atoms with Gasteiger partial charge in [-0.1, -0.05) is 13.8 Å². The number of hydrogen-bond acceptors (Lipinski definition) is 3. The highest BCUT2D eigenvalue weighted by Gasteiger charge is 2.29. The van der Waals surface area contributed by atoms with Crippen LogP contribution in [0.4, 0.5) is 0 Å². The van der Waals surface area contributed by atoms with Crippen molar-refractivity contribution in [1.82, 2.24) is 0 Å². The minimum Gasteiger partial charge on any atom is -0.393 e. The first-order chi connectivity index (χ1) is 8.38. The summed E-state index contributed by atoms with van der Waals surface area (Å²) in [5, 5.41) is 9.90. The summed E-state index contributed by atoms with van der Waals surface area (Å²) in [5.74, 6) is 0.426. The van der Waals surface area contributed by atoms with Crippen LogP contribution in [0.25, 0.3) is 0 Å². The van der Waals surface area contributed by atoms with Crippen molar-refractivity contribution in [2.75, 3.05) is 7.11 Å². The quantitative estimate of drug-likeness (QED) is 0.819. The van der Waals surface area contributed by atoms with Crippen LogP contribution in [-0.4, -0.2) is 29.7 Å². The third-order valence-corrected chi connectivity index (χ3v) is 3.73. The Morgan fingerprint density at radius 2 is 2.17 bits per heavy atom. The van der Waals surface area contributed by atoms with Gasteiger partial charge >= 0.3 is 0 Å². The van der Waals surface area contributed by atoms with Crippen LogP contribution < -0.4 is 0 Å². The van der Waals surface area contributed by atoms with Gasteiger partial charge in [0, 0.05) is 7.11 Å². The van der Waals surface area contributed by atoms with Crippen LogP contribution in [-0.2, 0) is 9.53 Å². The first-order valence-corrected chi connectivity index (χ1v) is 7.03. The fraction of sp³-hybridized carbons (Fsp3) is 0.643. The summed E-state index contributed by atoms with van der Waals surface area (Å²) in [6.07, 6.45) is 6.84. The number of ketones is 1. The van der Waals surface area contributed by atoms with E-state index in [0.29, 0.717) is 23.2 Å². The summed E-state index contributed by atoms with van der Waals surface area (Å²) in [6.45, 7) is 4.18. The Bertz CT molecular complexity index is 360. The molecule has 2 atom stereocenters. The van der Waals surface area contributed by atoms with Crippen LogP contribution in [0.5, 0.6) is 0 Å². The van der Waals surface area contributed by atoms with Gasteiger partial charge in [0.25, 0.3) is 0 Å². The summed E-state index contributed by atoms with van der Waals surface area (Å²) in [4.78, 5) is 11.4. The molecule has 1 aliphatic carbocycles. The van der Waals surface area contributed by atoms with Gasteiger partial charge in [-0.15, -0.1) is 0 Å². The van der Waals surface area contributed by atoms with Crippen molar-refractivity contribution in [3.05, 3.63) is 22.7 Å². The molecule has 0 aromatic carbocycles. The Labute approximate surface area is 117 Å². The molecule has 0 spiro atoms. The molecule has 0 amide bonds. The van der Waals surface area contributed by atoms with Crippen molar-refractivity contribution >= 4 is 21.7 Å². The zero-order valence-electron chi connectivity index (χ0n) is 11.1. The number of allylic oxidation sites excluding steroid dienone is 2. The second kappa shape index (κ2) is 6.64. The normalized spacial score (nSPS) is 25.4. The largest absolute Gasteiger partial charge is 0.393 e. The fourth-order valence-corrected chi connectivity index (χ4v) is 2.59. The first-order valence-electron chi connectivity index (χ1n) is 6.23. The van der Waals surface area contributed by atoms with Crippen molar-refractivity contribution in [1.29, 1.82) is 0 Å². The molecule has 2 unspecified atom stereocenters. The van der Waals surface area contributed by atoms with Gasteiger partial charge in [-0.25, -0.2) is 0 Å². The number of carbonyl (C=O) groups is 1. The van der Waals surface area contributed by atoms with Gasteiger partial charge in [0.1, 0.15) is 5.60 Å². The van der Waals surface area contributed by atoms with E-state index in [1.54, 1.807) is 19.3 Å². The SMILES string of the molecule is COC1(CCC(O)CC(C)C)C=CC(=O)C(Br)=C1. The first kappa shape index (κ1) is 15.6. The van der Waals surface area contributed by atoms with Gasteiger partial charge in [0.2, 0.25) is 0 Å². The zero-order chi connectivity index (χ0) is 13.8. The number of ether oxygens (including phenoxy) is 1. The van der Waals surface area contributed by atoms with E-state index in [0.717, 1.165) is 6.42 Å². The van der Waals surface area contributed by atoms with Crippen LogP contribution in [0, 0.1) is 5.92 Å². The number of halogens is 1. The van der Waals surface area contributed by atoms with Crippen molar-refractivity contribution in [2.45, 2.75) is 44.8 Å². The summed E-state index contributed by atoms with van der Waals surface area (Å²) in [5.41, 5.74) is -0.579. The highest BCUT2D eigenvalue weighted by molar-refractivity contribution is 9.12. The third kappa shape index (κ3) is 4.34. The topological polar surface area (TPSA) is 46.5 Å². The van der Waals surface area contributed by atoms with E-state index in [-0.39, 0.29) is 11.9 Å². The Hall–Kier alpha value is -0.450. The van der Waals surface area contributed by atoms with Gasteiger partial charge in [0.15, 0.2) is 5.78 Å². The molecule has 3 nitrogen and oxygen atoms in total. The average molecular weight is 317 g/mol. The highest BCUT2D eigenvalue weighted by atomic mass is 79.9. The van der Waals surface area contributed by atoms with Gasteiger partial charge in [0.05, 0.1) is 10.6 Å². The second-order valence-corrected chi connectivity index (χ2v) is 6.03. The molecule has 18 heavy (non-hydrogen) atoms. The second-order valence-electron chi connectivity index (χ2n) is 5.17. The summed E-state index contributed by atoms with van der Waals surface area (Å²) in [7, 11) is 1.62. The molecule has 0 aromatic heterocycles. The number of hydrogen-bond donors (Lipinski definition) is 1. The molecule has 1 aliphatic rings. The van der Waals surface area contributed by atoms with E-state index in [1.807, 2.05) is 0 Å². The Morgan fingerprint density at radius 1 is 1.50 bits per heavy atom. The average Bonchev–Trinajstić information content (AvgIpc) is 2.30. The molecule has 0 saturated heterocycles. The van der Waals surface area contributed by atoms with Crippen LogP contribution >= 0.6 is 15.9 Å². The van der Waals surface area contributed by atoms with Gasteiger partial charge in [-0.3, -0.25) is 4.79 Å². The minimum atomic E-state index is -0.579. The molecule has 1 N–H and O–H groups in total. The molecule has 0 aromatic rings. The number of aliphatic hydroxyl groups is 1. The van der Waals surface area contributed by atoms with E-state index in [1.165, 1.54) is 6.08 Å². The maximum Gasteiger partial charge on any atom is 0.192 e. The van der Waals surface area contributed by atoms with Crippen molar-refractivity contribution in [2.24, 2.45) is 5.92 Å². The molecule has 1 rings (SSSR count). The molecule has 0 heterocycles. The van der Waals surface area contributed by atoms with E-state index >= 15 is 0 Å². The molecule has 0 aliphatic heterocycles. The Balaban J connectivity index is 2.62. The lowest BCUT2D eigenvalue weighted by Gasteiger charge is -2.29. The van der Waals surface area contributed by atoms with E-state index < -0.39 is 5.60 Å². The number of methoxy groups -OCH3 is 1. The van der Waals surface area contributed by atoms with Crippen molar-refractivity contribution < 1.29 is 14.6 Å². The van der Waals surface area contributed by atoms with Gasteiger partial charge < -0.3 is 9.84 Å². The monoisotopic (exact) mass is 316 g/mol. The summed E-state index contributed by atoms with van der Waals surface area (Å²) >= 11 is 3.24. The molecule has 0 saturated carbocycles. The number of carbonyl (C=O) groups excluding carboxylic acids is 1. The van der Waals surface area contributed by atoms with Crippen molar-refractivity contribution in [3.8, 4) is 0 Å². The summed E-state index contributed by atoms with van der Waals surface area (Å²) < 4.78 is 6.02. The lowest BCUT2D eigenvalue weighted by Crippen LogP contribution is -2.31. The molecule has 0 radical (unpaired) electrons. The maximum absolute atomic E-state index is 11.4. The predicted octanol–water partition coefficient (Wildman–Crippen LogP) is 2.98. The molecule has 4 heteroatoms. The Morgan fingerprint density at radius 3 is 2.67 bits per heavy atom. The lowest BCUT2D eigenvalue weighted by atomic mass is 9.89. The molecule has 0 fully saturated rings. The molecule has 102 valence electrons. The van der Waals surface area contributed by atoms with Gasteiger partial charge in [-0.2, -0.15) is 0 Å². The molecular weight excluding hydrogens is 296 g/mol. The van der Waals surface area contributed by atoms with Gasteiger partial charge in [-0.05, 0) is 59.3 Å². The number of rotatable bonds is 6. The highest BCUT2D eigenvalue weighted by Crippen LogP contribution is 2.30. The van der Waals surface area contributed by atoms with E-state index in [2.05, 4.69) is 29.8 Å². The molecular formula is C14H21BrO3. The fourth-order valence-electron chi connectivity index (χ4n) is 2.07. The zero-order valence-corrected chi connectivity index (χ0v) is 12.7. The molecule has 0 bridgehead atoms. The lowest BCUT2D eigenvalue weighted by molar-refractivity contribution is -0.111. The van der Waals surface area contributed by atoms with E-state index in [9.17, 15) is 9.90 Å². The van der Waals surface area contributed by atoms with Crippen LogP contribution in [0.3, 0.4) is 0 Å². The summed E-state index contributed by atoms with van der Waals surface area (Å²) in [6, 6.07) is 0. The van der Waals surface area contributed by atoms with Crippen LogP contribution in [0.15, 0.2) is 22.7 Å². The van der Waals surface area contributed by atoms with Crippen LogP contribution in [0.2, 0.25) is 0 Å².